The fourth-order valence-corrected chi connectivity index (χ4v) is 2.94. The molecule has 0 bridgehead atoms. The highest BCUT2D eigenvalue weighted by Crippen LogP contribution is 2.18. The van der Waals surface area contributed by atoms with E-state index >= 15 is 0 Å². The summed E-state index contributed by atoms with van der Waals surface area (Å²) < 4.78 is 32.1. The molecule has 2 rings (SSSR count). The number of hydrogen-bond acceptors (Lipinski definition) is 6. The van der Waals surface area contributed by atoms with E-state index in [1.54, 1.807) is 30.5 Å². The average Bonchev–Trinajstić information content (AvgIpc) is 2.56. The molecule has 2 N–H and O–H groups in total. The molecular formula is C16H22N4O3S. The van der Waals surface area contributed by atoms with E-state index in [0.29, 0.717) is 5.75 Å². The summed E-state index contributed by atoms with van der Waals surface area (Å²) in [4.78, 5) is 6.35. The smallest absolute Gasteiger partial charge is 0.263 e. The normalized spacial score (nSPS) is 11.3. The van der Waals surface area contributed by atoms with Gasteiger partial charge < -0.3 is 15.0 Å². The van der Waals surface area contributed by atoms with Gasteiger partial charge in [-0.3, -0.25) is 4.72 Å². The first-order valence-corrected chi connectivity index (χ1v) is 8.90. The van der Waals surface area contributed by atoms with Gasteiger partial charge in [0, 0.05) is 13.1 Å². The van der Waals surface area contributed by atoms with Crippen LogP contribution in [-0.4, -0.2) is 52.6 Å². The summed E-state index contributed by atoms with van der Waals surface area (Å²) in [6, 6.07) is 9.57. The van der Waals surface area contributed by atoms with Crippen LogP contribution in [0.4, 0.5) is 11.5 Å². The highest BCUT2D eigenvalue weighted by Gasteiger charge is 2.14. The highest BCUT2D eigenvalue weighted by molar-refractivity contribution is 7.92. The Morgan fingerprint density at radius 1 is 1.12 bits per heavy atom. The zero-order valence-electron chi connectivity index (χ0n) is 14.0. The van der Waals surface area contributed by atoms with E-state index in [9.17, 15) is 8.42 Å². The van der Waals surface area contributed by atoms with E-state index in [2.05, 4.69) is 19.9 Å². The number of pyridine rings is 1. The molecule has 0 spiro atoms. The lowest BCUT2D eigenvalue weighted by Crippen LogP contribution is -2.20. The van der Waals surface area contributed by atoms with Crippen LogP contribution in [0.15, 0.2) is 47.5 Å². The van der Waals surface area contributed by atoms with Crippen molar-refractivity contribution in [2.24, 2.45) is 0 Å². The predicted molar refractivity (Wildman–Crippen MR) is 95.1 cm³/mol. The van der Waals surface area contributed by atoms with Crippen molar-refractivity contribution >= 4 is 21.5 Å². The largest absolute Gasteiger partial charge is 0.497 e. The molecule has 0 unspecified atom stereocenters. The zero-order valence-corrected chi connectivity index (χ0v) is 14.8. The van der Waals surface area contributed by atoms with Crippen LogP contribution in [-0.2, 0) is 10.0 Å². The summed E-state index contributed by atoms with van der Waals surface area (Å²) in [5, 5.41) is 3.22. The van der Waals surface area contributed by atoms with Crippen LogP contribution in [0.1, 0.15) is 0 Å². The molecule has 24 heavy (non-hydrogen) atoms. The maximum Gasteiger partial charge on any atom is 0.263 e. The molecular weight excluding hydrogens is 328 g/mol. The molecule has 0 saturated carbocycles. The van der Waals surface area contributed by atoms with E-state index in [0.717, 1.165) is 18.8 Å². The first-order chi connectivity index (χ1) is 11.4. The van der Waals surface area contributed by atoms with Crippen molar-refractivity contribution in [1.29, 1.82) is 0 Å². The minimum atomic E-state index is -3.67. The molecule has 1 aromatic heterocycles. The van der Waals surface area contributed by atoms with Crippen LogP contribution in [0.2, 0.25) is 0 Å². The maximum atomic E-state index is 12.3. The molecule has 0 atom stereocenters. The number of hydrogen-bond donors (Lipinski definition) is 2. The van der Waals surface area contributed by atoms with Crippen molar-refractivity contribution in [2.75, 3.05) is 44.3 Å². The molecule has 130 valence electrons. The summed E-state index contributed by atoms with van der Waals surface area (Å²) in [7, 11) is 1.85. The SMILES string of the molecule is COc1ccc(S(=O)(=O)Nc2ccc(NCCN(C)C)cn2)cc1. The van der Waals surface area contributed by atoms with Crippen LogP contribution >= 0.6 is 0 Å². The summed E-state index contributed by atoms with van der Waals surface area (Å²) in [5.41, 5.74) is 0.837. The molecule has 2 aromatic rings. The summed E-state index contributed by atoms with van der Waals surface area (Å²) >= 11 is 0. The van der Waals surface area contributed by atoms with Gasteiger partial charge in [-0.2, -0.15) is 0 Å². The lowest BCUT2D eigenvalue weighted by Gasteiger charge is -2.12. The van der Waals surface area contributed by atoms with Crippen LogP contribution in [0.5, 0.6) is 5.75 Å². The van der Waals surface area contributed by atoms with Gasteiger partial charge in [0.1, 0.15) is 11.6 Å². The second-order valence-electron chi connectivity index (χ2n) is 5.44. The topological polar surface area (TPSA) is 83.6 Å². The molecule has 0 saturated heterocycles. The third kappa shape index (κ3) is 5.10. The Balaban J connectivity index is 2.01. The zero-order chi connectivity index (χ0) is 17.6. The Morgan fingerprint density at radius 2 is 1.83 bits per heavy atom. The van der Waals surface area contributed by atoms with E-state index < -0.39 is 10.0 Å². The van der Waals surface area contributed by atoms with Crippen molar-refractivity contribution in [1.82, 2.24) is 9.88 Å². The quantitative estimate of drug-likeness (QED) is 0.756. The van der Waals surface area contributed by atoms with Gasteiger partial charge in [-0.25, -0.2) is 13.4 Å². The Morgan fingerprint density at radius 3 is 2.38 bits per heavy atom. The first-order valence-electron chi connectivity index (χ1n) is 7.42. The molecule has 8 heteroatoms. The number of rotatable bonds is 8. The van der Waals surface area contributed by atoms with Gasteiger partial charge in [0.05, 0.1) is 23.9 Å². The van der Waals surface area contributed by atoms with Gasteiger partial charge in [-0.15, -0.1) is 0 Å². The number of likely N-dealkylation sites (N-methyl/N-ethyl adjacent to an activating group) is 1. The van der Waals surface area contributed by atoms with Crippen molar-refractivity contribution in [2.45, 2.75) is 4.90 Å². The fourth-order valence-electron chi connectivity index (χ4n) is 1.93. The van der Waals surface area contributed by atoms with Crippen molar-refractivity contribution in [3.05, 3.63) is 42.6 Å². The van der Waals surface area contributed by atoms with Crippen molar-refractivity contribution in [3.8, 4) is 5.75 Å². The number of nitrogens with one attached hydrogen (secondary N) is 2. The molecule has 1 aromatic carbocycles. The monoisotopic (exact) mass is 350 g/mol. The van der Waals surface area contributed by atoms with Crippen LogP contribution in [0, 0.1) is 0 Å². The minimum absolute atomic E-state index is 0.151. The van der Waals surface area contributed by atoms with Crippen molar-refractivity contribution in [3.63, 3.8) is 0 Å². The lowest BCUT2D eigenvalue weighted by molar-refractivity contribution is 0.414. The van der Waals surface area contributed by atoms with Gasteiger partial charge in [-0.1, -0.05) is 0 Å². The molecule has 0 amide bonds. The summed E-state index contributed by atoms with van der Waals surface area (Å²) in [6.45, 7) is 1.68. The third-order valence-corrected chi connectivity index (χ3v) is 4.63. The molecule has 0 aliphatic heterocycles. The lowest BCUT2D eigenvalue weighted by atomic mass is 10.3. The second-order valence-corrected chi connectivity index (χ2v) is 7.13. The first kappa shape index (κ1) is 18.0. The number of ether oxygens (including phenoxy) is 1. The van der Waals surface area contributed by atoms with Gasteiger partial charge in [0.2, 0.25) is 0 Å². The molecule has 1 heterocycles. The Bertz CT molecular complexity index is 744. The second kappa shape index (κ2) is 7.98. The van der Waals surface area contributed by atoms with Crippen LogP contribution < -0.4 is 14.8 Å². The minimum Gasteiger partial charge on any atom is -0.497 e. The molecule has 0 aliphatic rings. The molecule has 0 fully saturated rings. The van der Waals surface area contributed by atoms with Gasteiger partial charge in [-0.05, 0) is 50.5 Å². The number of methoxy groups -OCH3 is 1. The number of aromatic nitrogens is 1. The van der Waals surface area contributed by atoms with E-state index in [1.807, 2.05) is 14.1 Å². The average molecular weight is 350 g/mol. The predicted octanol–water partition coefficient (Wildman–Crippen LogP) is 1.86. The standard InChI is InChI=1S/C16H22N4O3S/c1-20(2)11-10-17-13-4-9-16(18-12-13)19-24(21,22)15-7-5-14(23-3)6-8-15/h4-9,12,17H,10-11H2,1-3H3,(H,18,19). The summed E-state index contributed by atoms with van der Waals surface area (Å²) in [5.74, 6) is 0.865. The number of sulfonamides is 1. The molecule has 0 aliphatic carbocycles. The van der Waals surface area contributed by atoms with Gasteiger partial charge in [0.25, 0.3) is 10.0 Å². The Hall–Kier alpha value is -2.32. The van der Waals surface area contributed by atoms with Crippen LogP contribution in [0.3, 0.4) is 0 Å². The molecule has 7 nitrogen and oxygen atoms in total. The third-order valence-electron chi connectivity index (χ3n) is 3.26. The number of benzene rings is 1. The maximum absolute atomic E-state index is 12.3. The molecule has 0 radical (unpaired) electrons. The van der Waals surface area contributed by atoms with E-state index in [4.69, 9.17) is 4.74 Å². The van der Waals surface area contributed by atoms with E-state index in [-0.39, 0.29) is 10.7 Å². The highest BCUT2D eigenvalue weighted by atomic mass is 32.2. The number of nitrogens with zero attached hydrogens (tertiary/aromatic N) is 2. The van der Waals surface area contributed by atoms with Gasteiger partial charge >= 0.3 is 0 Å². The van der Waals surface area contributed by atoms with Crippen molar-refractivity contribution < 1.29 is 13.2 Å². The Kier molecular flexibility index (Phi) is 5.99. The summed E-state index contributed by atoms with van der Waals surface area (Å²) in [6.07, 6.45) is 1.60. The van der Waals surface area contributed by atoms with Gasteiger partial charge in [0.15, 0.2) is 0 Å². The van der Waals surface area contributed by atoms with Crippen LogP contribution in [0.25, 0.3) is 0 Å². The fraction of sp³-hybridized carbons (Fsp3) is 0.312. The number of anilines is 2. The van der Waals surface area contributed by atoms with E-state index in [1.165, 1.54) is 19.2 Å². The Labute approximate surface area is 142 Å².